The molecule has 0 radical (unpaired) electrons. The van der Waals surface area contributed by atoms with Crippen molar-refractivity contribution in [2.75, 3.05) is 18.0 Å². The minimum absolute atomic E-state index is 0.199. The zero-order valence-corrected chi connectivity index (χ0v) is 15.9. The summed E-state index contributed by atoms with van der Waals surface area (Å²) in [5, 5.41) is 9.94. The van der Waals surface area contributed by atoms with Crippen LogP contribution in [0.5, 0.6) is 0 Å². The third kappa shape index (κ3) is 3.83. The first kappa shape index (κ1) is 19.4. The molecule has 3 N–H and O–H groups in total. The Morgan fingerprint density at radius 3 is 2.72 bits per heavy atom. The van der Waals surface area contributed by atoms with Gasteiger partial charge in [-0.2, -0.15) is 0 Å². The smallest absolute Gasteiger partial charge is 0.159 e. The Hall–Kier alpha value is -2.90. The maximum Gasteiger partial charge on any atom is 0.159 e. The van der Waals surface area contributed by atoms with Gasteiger partial charge in [0.05, 0.1) is 29.7 Å². The van der Waals surface area contributed by atoms with Crippen LogP contribution in [0.1, 0.15) is 24.0 Å². The fourth-order valence-electron chi connectivity index (χ4n) is 3.90. The highest BCUT2D eigenvalue weighted by Crippen LogP contribution is 2.34. The second-order valence-corrected chi connectivity index (χ2v) is 7.41. The van der Waals surface area contributed by atoms with Crippen LogP contribution >= 0.6 is 0 Å². The van der Waals surface area contributed by atoms with Gasteiger partial charge in [0.2, 0.25) is 0 Å². The van der Waals surface area contributed by atoms with E-state index in [1.807, 2.05) is 12.1 Å². The van der Waals surface area contributed by atoms with Crippen LogP contribution in [0.3, 0.4) is 0 Å². The lowest BCUT2D eigenvalue weighted by Gasteiger charge is -2.42. The minimum Gasteiger partial charge on any atom is -0.392 e. The van der Waals surface area contributed by atoms with E-state index in [2.05, 4.69) is 14.9 Å². The molecule has 1 atom stereocenters. The summed E-state index contributed by atoms with van der Waals surface area (Å²) in [6.45, 7) is 1.16. The predicted molar refractivity (Wildman–Crippen MR) is 107 cm³/mol. The van der Waals surface area contributed by atoms with Crippen LogP contribution in [0.2, 0.25) is 0 Å². The summed E-state index contributed by atoms with van der Waals surface area (Å²) in [4.78, 5) is 10.7. The van der Waals surface area contributed by atoms with E-state index in [0.717, 1.165) is 42.8 Å². The fourth-order valence-corrected chi connectivity index (χ4v) is 3.90. The molecular formula is C22H22F2N4O. The largest absolute Gasteiger partial charge is 0.392 e. The lowest BCUT2D eigenvalue weighted by atomic mass is 9.84. The Balaban J connectivity index is 1.65. The number of rotatable bonds is 4. The molecule has 0 saturated carbocycles. The molecule has 0 bridgehead atoms. The minimum atomic E-state index is -0.931. The summed E-state index contributed by atoms with van der Waals surface area (Å²) in [6, 6.07) is 9.20. The quantitative estimate of drug-likeness (QED) is 0.707. The van der Waals surface area contributed by atoms with Gasteiger partial charge in [-0.15, -0.1) is 0 Å². The lowest BCUT2D eigenvalue weighted by molar-refractivity contribution is 0.280. The lowest BCUT2D eigenvalue weighted by Crippen LogP contribution is -2.52. The second-order valence-electron chi connectivity index (χ2n) is 7.41. The number of piperidine rings is 1. The summed E-state index contributed by atoms with van der Waals surface area (Å²) in [7, 11) is 0. The number of halogens is 2. The Labute approximate surface area is 167 Å². The van der Waals surface area contributed by atoms with Crippen molar-refractivity contribution in [1.29, 1.82) is 0 Å². The molecule has 3 heterocycles. The van der Waals surface area contributed by atoms with Gasteiger partial charge in [0.1, 0.15) is 0 Å². The molecule has 5 nitrogen and oxygen atoms in total. The molecule has 1 fully saturated rings. The van der Waals surface area contributed by atoms with E-state index in [4.69, 9.17) is 5.73 Å². The summed E-state index contributed by atoms with van der Waals surface area (Å²) < 4.78 is 26.8. The zero-order valence-electron chi connectivity index (χ0n) is 15.9. The topological polar surface area (TPSA) is 75.3 Å². The van der Waals surface area contributed by atoms with Gasteiger partial charge in [-0.3, -0.25) is 9.97 Å². The molecule has 1 aliphatic rings. The van der Waals surface area contributed by atoms with Gasteiger partial charge >= 0.3 is 0 Å². The fraction of sp³-hybridized carbons (Fsp3) is 0.273. The highest BCUT2D eigenvalue weighted by atomic mass is 19.2. The number of aliphatic hydroxyl groups is 1. The van der Waals surface area contributed by atoms with E-state index in [9.17, 15) is 13.9 Å². The van der Waals surface area contributed by atoms with Crippen molar-refractivity contribution in [3.05, 3.63) is 77.8 Å². The molecule has 0 spiro atoms. The molecule has 1 unspecified atom stereocenters. The molecule has 1 aliphatic heterocycles. The molecule has 4 rings (SSSR count). The van der Waals surface area contributed by atoms with E-state index in [0.29, 0.717) is 23.4 Å². The van der Waals surface area contributed by atoms with Gasteiger partial charge in [-0.25, -0.2) is 8.78 Å². The normalized spacial score (nSPS) is 19.4. The van der Waals surface area contributed by atoms with E-state index in [1.54, 1.807) is 24.7 Å². The van der Waals surface area contributed by atoms with E-state index < -0.39 is 17.2 Å². The first-order chi connectivity index (χ1) is 14.0. The number of nitrogens with two attached hydrogens (primary N) is 1. The average Bonchev–Trinajstić information content (AvgIpc) is 2.76. The van der Waals surface area contributed by atoms with Gasteiger partial charge in [0.25, 0.3) is 0 Å². The SMILES string of the molecule is NC1(c2cccnc2)CCCN(c2cnc(-c3ccc(F)c(F)c3)cc2CO)C1. The van der Waals surface area contributed by atoms with Crippen molar-refractivity contribution in [2.45, 2.75) is 25.0 Å². The summed E-state index contributed by atoms with van der Waals surface area (Å²) in [5.74, 6) is -1.84. The third-order valence-electron chi connectivity index (χ3n) is 5.45. The number of pyridine rings is 2. The maximum absolute atomic E-state index is 13.6. The molecule has 3 aromatic rings. The van der Waals surface area contributed by atoms with E-state index in [-0.39, 0.29) is 6.61 Å². The monoisotopic (exact) mass is 396 g/mol. The third-order valence-corrected chi connectivity index (χ3v) is 5.45. The number of anilines is 1. The number of nitrogens with zero attached hydrogens (tertiary/aromatic N) is 3. The maximum atomic E-state index is 13.6. The van der Waals surface area contributed by atoms with Gasteiger partial charge in [0.15, 0.2) is 11.6 Å². The average molecular weight is 396 g/mol. The van der Waals surface area contributed by atoms with Crippen molar-refractivity contribution in [2.24, 2.45) is 5.73 Å². The second kappa shape index (κ2) is 7.85. The summed E-state index contributed by atoms with van der Waals surface area (Å²) in [6.07, 6.45) is 6.90. The van der Waals surface area contributed by atoms with Gasteiger partial charge in [-0.1, -0.05) is 6.07 Å². The van der Waals surface area contributed by atoms with Crippen LogP contribution in [0.4, 0.5) is 14.5 Å². The zero-order chi connectivity index (χ0) is 20.4. The Morgan fingerprint density at radius 2 is 2.00 bits per heavy atom. The van der Waals surface area contributed by atoms with Crippen LogP contribution in [0.25, 0.3) is 11.3 Å². The van der Waals surface area contributed by atoms with Crippen LogP contribution in [0, 0.1) is 11.6 Å². The number of aromatic nitrogens is 2. The number of benzene rings is 1. The molecule has 2 aromatic heterocycles. The molecular weight excluding hydrogens is 374 g/mol. The first-order valence-corrected chi connectivity index (χ1v) is 9.50. The van der Waals surface area contributed by atoms with Crippen LogP contribution in [-0.2, 0) is 12.1 Å². The van der Waals surface area contributed by atoms with Gasteiger partial charge < -0.3 is 15.7 Å². The Bertz CT molecular complexity index is 1010. The molecule has 1 saturated heterocycles. The first-order valence-electron chi connectivity index (χ1n) is 9.50. The predicted octanol–water partition coefficient (Wildman–Crippen LogP) is 3.37. The van der Waals surface area contributed by atoms with Crippen molar-refractivity contribution in [3.8, 4) is 11.3 Å². The molecule has 1 aromatic carbocycles. The summed E-state index contributed by atoms with van der Waals surface area (Å²) in [5.41, 5.74) is 9.51. The molecule has 150 valence electrons. The molecule has 29 heavy (non-hydrogen) atoms. The molecule has 7 heteroatoms. The van der Waals surface area contributed by atoms with Crippen molar-refractivity contribution >= 4 is 5.69 Å². The number of aliphatic hydroxyl groups excluding tert-OH is 1. The Morgan fingerprint density at radius 1 is 1.14 bits per heavy atom. The van der Waals surface area contributed by atoms with Gasteiger partial charge in [0, 0.05) is 36.6 Å². The van der Waals surface area contributed by atoms with Crippen LogP contribution in [0.15, 0.2) is 55.0 Å². The molecule has 0 aliphatic carbocycles. The number of hydrogen-bond acceptors (Lipinski definition) is 5. The molecule has 0 amide bonds. The van der Waals surface area contributed by atoms with Crippen LogP contribution in [-0.4, -0.2) is 28.2 Å². The highest BCUT2D eigenvalue weighted by Gasteiger charge is 2.34. The summed E-state index contributed by atoms with van der Waals surface area (Å²) >= 11 is 0. The number of hydrogen-bond donors (Lipinski definition) is 2. The van der Waals surface area contributed by atoms with Crippen molar-refractivity contribution < 1.29 is 13.9 Å². The Kier molecular flexibility index (Phi) is 5.25. The highest BCUT2D eigenvalue weighted by molar-refractivity contribution is 5.65. The van der Waals surface area contributed by atoms with E-state index >= 15 is 0 Å². The standard InChI is InChI=1S/C22H22F2N4O/c23-18-5-4-15(9-19(18)24)20-10-16(13-29)21(12-27-20)28-8-2-6-22(25,14-28)17-3-1-7-26-11-17/h1,3-5,7,9-12,29H,2,6,8,13-14,25H2. The van der Waals surface area contributed by atoms with Crippen molar-refractivity contribution in [1.82, 2.24) is 9.97 Å². The van der Waals surface area contributed by atoms with Crippen LogP contribution < -0.4 is 10.6 Å². The van der Waals surface area contributed by atoms with E-state index in [1.165, 1.54) is 6.07 Å². The van der Waals surface area contributed by atoms with Crippen molar-refractivity contribution in [3.63, 3.8) is 0 Å². The van der Waals surface area contributed by atoms with Gasteiger partial charge in [-0.05, 0) is 48.7 Å².